The second kappa shape index (κ2) is 8.26. The summed E-state index contributed by atoms with van der Waals surface area (Å²) in [4.78, 5) is 24.3. The fourth-order valence-corrected chi connectivity index (χ4v) is 2.97. The van der Waals surface area contributed by atoms with Gasteiger partial charge in [0.2, 0.25) is 5.91 Å². The van der Waals surface area contributed by atoms with Gasteiger partial charge in [-0.25, -0.2) is 9.18 Å². The van der Waals surface area contributed by atoms with Crippen molar-refractivity contribution >= 4 is 23.5 Å². The molecule has 2 rings (SSSR count). The largest absolute Gasteiger partial charge is 0.460 e. The first kappa shape index (κ1) is 18.4. The highest BCUT2D eigenvalue weighted by molar-refractivity contribution is 6.31. The lowest BCUT2D eigenvalue weighted by Crippen LogP contribution is -2.34. The third-order valence-corrected chi connectivity index (χ3v) is 4.03. The molecule has 24 heavy (non-hydrogen) atoms. The van der Waals surface area contributed by atoms with Crippen LogP contribution < -0.4 is 5.32 Å². The van der Waals surface area contributed by atoms with E-state index in [0.29, 0.717) is 12.3 Å². The molecule has 0 aromatic heterocycles. The average molecular weight is 356 g/mol. The molecular formula is C17H19ClFNO4. The molecule has 1 unspecified atom stereocenters. The van der Waals surface area contributed by atoms with Crippen molar-refractivity contribution in [2.45, 2.75) is 26.2 Å². The fourth-order valence-electron chi connectivity index (χ4n) is 2.68. The molecule has 5 nitrogen and oxygen atoms in total. The molecule has 7 heteroatoms. The van der Waals surface area contributed by atoms with E-state index >= 15 is 0 Å². The smallest absolute Gasteiger partial charge is 0.336 e. The summed E-state index contributed by atoms with van der Waals surface area (Å²) in [7, 11) is 0. The van der Waals surface area contributed by atoms with E-state index in [1.807, 2.05) is 6.92 Å². The van der Waals surface area contributed by atoms with E-state index < -0.39 is 17.7 Å². The first-order valence-electron chi connectivity index (χ1n) is 7.65. The molecule has 130 valence electrons. The lowest BCUT2D eigenvalue weighted by molar-refractivity contribution is -0.141. The van der Waals surface area contributed by atoms with Crippen molar-refractivity contribution in [3.8, 4) is 0 Å². The molecule has 1 heterocycles. The number of esters is 1. The molecule has 1 amide bonds. The Labute approximate surface area is 144 Å². The number of hydrogen-bond acceptors (Lipinski definition) is 4. The highest BCUT2D eigenvalue weighted by atomic mass is 35.5. The molecule has 0 aliphatic carbocycles. The zero-order valence-electron chi connectivity index (χ0n) is 13.5. The van der Waals surface area contributed by atoms with Crippen LogP contribution in [0.25, 0.3) is 0 Å². The Balaban J connectivity index is 2.32. The van der Waals surface area contributed by atoms with Crippen LogP contribution in [0.5, 0.6) is 0 Å². The molecular weight excluding hydrogens is 337 g/mol. The number of benzene rings is 1. The minimum Gasteiger partial charge on any atom is -0.460 e. The fraction of sp³-hybridized carbons (Fsp3) is 0.412. The summed E-state index contributed by atoms with van der Waals surface area (Å²) in [6, 6.07) is 4.25. The Hall–Kier alpha value is -1.92. The van der Waals surface area contributed by atoms with E-state index in [1.54, 1.807) is 6.92 Å². The van der Waals surface area contributed by atoms with Crippen LogP contribution in [0.2, 0.25) is 5.02 Å². The van der Waals surface area contributed by atoms with Gasteiger partial charge in [0.15, 0.2) is 0 Å². The van der Waals surface area contributed by atoms with E-state index in [1.165, 1.54) is 18.2 Å². The monoisotopic (exact) mass is 355 g/mol. The van der Waals surface area contributed by atoms with Crippen LogP contribution >= 0.6 is 11.6 Å². The molecule has 1 N–H and O–H groups in total. The summed E-state index contributed by atoms with van der Waals surface area (Å²) in [5.41, 5.74) is 0.681. The normalized spacial score (nSPS) is 17.7. The van der Waals surface area contributed by atoms with Crippen molar-refractivity contribution in [1.82, 2.24) is 5.32 Å². The molecule has 0 spiro atoms. The quantitative estimate of drug-likeness (QED) is 0.629. The summed E-state index contributed by atoms with van der Waals surface area (Å²) >= 11 is 6.11. The van der Waals surface area contributed by atoms with Crippen molar-refractivity contribution in [3.63, 3.8) is 0 Å². The van der Waals surface area contributed by atoms with Crippen LogP contribution in [0.1, 0.15) is 31.7 Å². The van der Waals surface area contributed by atoms with Gasteiger partial charge in [-0.2, -0.15) is 0 Å². The lowest BCUT2D eigenvalue weighted by atomic mass is 9.84. The third-order valence-electron chi connectivity index (χ3n) is 3.70. The van der Waals surface area contributed by atoms with Gasteiger partial charge in [-0.05, 0) is 26.0 Å². The maximum absolute atomic E-state index is 14.3. The van der Waals surface area contributed by atoms with Crippen molar-refractivity contribution in [1.29, 1.82) is 0 Å². The van der Waals surface area contributed by atoms with Gasteiger partial charge in [0, 0.05) is 35.2 Å². The Morgan fingerprint density at radius 1 is 1.42 bits per heavy atom. The van der Waals surface area contributed by atoms with E-state index in [2.05, 4.69) is 5.32 Å². The van der Waals surface area contributed by atoms with Crippen molar-refractivity contribution in [2.24, 2.45) is 0 Å². The zero-order chi connectivity index (χ0) is 17.7. The van der Waals surface area contributed by atoms with Crippen LogP contribution in [-0.4, -0.2) is 31.7 Å². The van der Waals surface area contributed by atoms with Crippen LogP contribution in [-0.2, 0) is 19.1 Å². The van der Waals surface area contributed by atoms with Crippen LogP contribution in [0.15, 0.2) is 29.5 Å². The summed E-state index contributed by atoms with van der Waals surface area (Å²) < 4.78 is 24.6. The molecule has 1 aromatic carbocycles. The molecule has 0 saturated carbocycles. The second-order valence-electron chi connectivity index (χ2n) is 5.31. The number of hydrogen-bond donors (Lipinski definition) is 1. The minimum absolute atomic E-state index is 0.0755. The number of carbonyl (C=O) groups excluding carboxylic acids is 2. The predicted molar refractivity (Wildman–Crippen MR) is 87.1 cm³/mol. The molecule has 0 saturated heterocycles. The van der Waals surface area contributed by atoms with Gasteiger partial charge < -0.3 is 14.8 Å². The molecule has 0 radical (unpaired) electrons. The Kier molecular flexibility index (Phi) is 6.34. The molecule has 1 aliphatic rings. The predicted octanol–water partition coefficient (Wildman–Crippen LogP) is 2.94. The topological polar surface area (TPSA) is 64.6 Å². The minimum atomic E-state index is -0.785. The molecule has 0 fully saturated rings. The average Bonchev–Trinajstić information content (AvgIpc) is 2.50. The number of carbonyl (C=O) groups is 2. The first-order chi connectivity index (χ1) is 11.5. The van der Waals surface area contributed by atoms with E-state index in [0.717, 1.165) is 0 Å². The molecule has 1 aliphatic heterocycles. The number of ether oxygens (including phenoxy) is 2. The van der Waals surface area contributed by atoms with Crippen LogP contribution in [0.3, 0.4) is 0 Å². The van der Waals surface area contributed by atoms with Crippen LogP contribution in [0, 0.1) is 5.82 Å². The Morgan fingerprint density at radius 3 is 2.83 bits per heavy atom. The summed E-state index contributed by atoms with van der Waals surface area (Å²) in [5.74, 6) is -2.26. The van der Waals surface area contributed by atoms with E-state index in [-0.39, 0.29) is 41.7 Å². The number of rotatable bonds is 6. The maximum atomic E-state index is 14.3. The van der Waals surface area contributed by atoms with Gasteiger partial charge in [0.25, 0.3) is 0 Å². The molecule has 1 atom stereocenters. The van der Waals surface area contributed by atoms with E-state index in [9.17, 15) is 14.0 Å². The van der Waals surface area contributed by atoms with Gasteiger partial charge in [0.05, 0.1) is 12.2 Å². The van der Waals surface area contributed by atoms with Gasteiger partial charge in [0.1, 0.15) is 12.4 Å². The zero-order valence-corrected chi connectivity index (χ0v) is 14.3. The number of halogens is 2. The summed E-state index contributed by atoms with van der Waals surface area (Å²) in [6.07, 6.45) is -0.0755. The maximum Gasteiger partial charge on any atom is 0.336 e. The van der Waals surface area contributed by atoms with Gasteiger partial charge in [-0.1, -0.05) is 17.7 Å². The van der Waals surface area contributed by atoms with Crippen molar-refractivity contribution < 1.29 is 23.5 Å². The number of amides is 1. The summed E-state index contributed by atoms with van der Waals surface area (Å²) in [5, 5.41) is 2.76. The SMILES string of the molecule is CCOCCOC(=O)C1=C(C)NC(=O)CC1c1c(F)cccc1Cl. The number of allylic oxidation sites excluding steroid dienone is 1. The van der Waals surface area contributed by atoms with Gasteiger partial charge >= 0.3 is 5.97 Å². The standard InChI is InChI=1S/C17H19ClFNO4/c1-3-23-7-8-24-17(22)15-10(2)20-14(21)9-11(15)16-12(18)5-4-6-13(16)19/h4-6,11H,3,7-9H2,1-2H3,(H,20,21). The number of nitrogens with one attached hydrogen (secondary N) is 1. The summed E-state index contributed by atoms with van der Waals surface area (Å²) in [6.45, 7) is 4.28. The third kappa shape index (κ3) is 4.13. The van der Waals surface area contributed by atoms with Gasteiger partial charge in [-0.15, -0.1) is 0 Å². The van der Waals surface area contributed by atoms with Gasteiger partial charge in [-0.3, -0.25) is 4.79 Å². The van der Waals surface area contributed by atoms with E-state index in [4.69, 9.17) is 21.1 Å². The van der Waals surface area contributed by atoms with Crippen molar-refractivity contribution in [3.05, 3.63) is 45.9 Å². The van der Waals surface area contributed by atoms with Crippen LogP contribution in [0.4, 0.5) is 4.39 Å². The first-order valence-corrected chi connectivity index (χ1v) is 8.02. The lowest BCUT2D eigenvalue weighted by Gasteiger charge is -2.27. The second-order valence-corrected chi connectivity index (χ2v) is 5.72. The van der Waals surface area contributed by atoms with Crippen molar-refractivity contribution in [2.75, 3.05) is 19.8 Å². The Morgan fingerprint density at radius 2 is 2.17 bits per heavy atom. The highest BCUT2D eigenvalue weighted by Crippen LogP contribution is 2.38. The molecule has 1 aromatic rings. The molecule has 0 bridgehead atoms. The highest BCUT2D eigenvalue weighted by Gasteiger charge is 2.35. The Bertz CT molecular complexity index is 654.